The summed E-state index contributed by atoms with van der Waals surface area (Å²) in [5.41, 5.74) is 3.36. The predicted octanol–water partition coefficient (Wildman–Crippen LogP) is 3.81. The molecule has 22 heavy (non-hydrogen) atoms. The van der Waals surface area contributed by atoms with Crippen molar-refractivity contribution in [2.75, 3.05) is 5.32 Å². The molecular formula is C15H12F3N3S. The van der Waals surface area contributed by atoms with Crippen molar-refractivity contribution < 1.29 is 13.2 Å². The number of halogens is 3. The Morgan fingerprint density at radius 2 is 1.64 bits per heavy atom. The molecule has 2 rings (SSSR count). The van der Waals surface area contributed by atoms with Crippen LogP contribution in [0.4, 0.5) is 18.9 Å². The fraction of sp³-hybridized carbons (Fsp3) is 0.0667. The van der Waals surface area contributed by atoms with Crippen molar-refractivity contribution in [2.45, 2.75) is 6.92 Å². The van der Waals surface area contributed by atoms with Crippen LogP contribution in [0.1, 0.15) is 12.5 Å². The van der Waals surface area contributed by atoms with Gasteiger partial charge in [-0.05, 0) is 61.6 Å². The van der Waals surface area contributed by atoms with Gasteiger partial charge in [0.05, 0.1) is 5.71 Å². The van der Waals surface area contributed by atoms with Crippen LogP contribution in [0, 0.1) is 17.5 Å². The number of benzene rings is 2. The first-order valence-corrected chi connectivity index (χ1v) is 6.69. The van der Waals surface area contributed by atoms with E-state index in [0.717, 1.165) is 18.2 Å². The molecule has 0 radical (unpaired) electrons. The summed E-state index contributed by atoms with van der Waals surface area (Å²) >= 11 is 5.00. The maximum Gasteiger partial charge on any atom is 0.191 e. The van der Waals surface area contributed by atoms with Crippen molar-refractivity contribution in [3.8, 4) is 0 Å². The van der Waals surface area contributed by atoms with Crippen LogP contribution >= 0.6 is 12.2 Å². The fourth-order valence-corrected chi connectivity index (χ4v) is 1.83. The lowest BCUT2D eigenvalue weighted by molar-refractivity contribution is 0.598. The number of nitrogens with zero attached hydrogens (tertiary/aromatic N) is 1. The van der Waals surface area contributed by atoms with E-state index in [2.05, 4.69) is 15.8 Å². The van der Waals surface area contributed by atoms with Crippen molar-refractivity contribution in [2.24, 2.45) is 5.10 Å². The number of nitrogens with one attached hydrogen (secondary N) is 2. The molecule has 2 aromatic carbocycles. The van der Waals surface area contributed by atoms with Gasteiger partial charge >= 0.3 is 0 Å². The van der Waals surface area contributed by atoms with Crippen molar-refractivity contribution in [3.63, 3.8) is 0 Å². The zero-order valence-electron chi connectivity index (χ0n) is 11.5. The molecule has 0 spiro atoms. The summed E-state index contributed by atoms with van der Waals surface area (Å²) in [5, 5.41) is 6.81. The Morgan fingerprint density at radius 3 is 2.32 bits per heavy atom. The minimum Gasteiger partial charge on any atom is -0.331 e. The summed E-state index contributed by atoms with van der Waals surface area (Å²) < 4.78 is 39.5. The van der Waals surface area contributed by atoms with E-state index >= 15 is 0 Å². The van der Waals surface area contributed by atoms with Crippen LogP contribution in [0.3, 0.4) is 0 Å². The molecule has 0 atom stereocenters. The van der Waals surface area contributed by atoms with Gasteiger partial charge < -0.3 is 5.32 Å². The molecule has 2 aromatic rings. The Hall–Kier alpha value is -2.41. The topological polar surface area (TPSA) is 36.4 Å². The van der Waals surface area contributed by atoms with Crippen LogP contribution in [0.25, 0.3) is 0 Å². The van der Waals surface area contributed by atoms with Crippen molar-refractivity contribution >= 4 is 28.7 Å². The highest BCUT2D eigenvalue weighted by molar-refractivity contribution is 7.80. The molecule has 7 heteroatoms. The third kappa shape index (κ3) is 4.29. The molecule has 0 fully saturated rings. The molecule has 0 unspecified atom stereocenters. The Labute approximate surface area is 130 Å². The zero-order valence-corrected chi connectivity index (χ0v) is 12.3. The third-order valence-electron chi connectivity index (χ3n) is 2.75. The third-order valence-corrected chi connectivity index (χ3v) is 2.94. The van der Waals surface area contributed by atoms with Crippen LogP contribution in [0.5, 0.6) is 0 Å². The van der Waals surface area contributed by atoms with Crippen LogP contribution in [0.2, 0.25) is 0 Å². The first-order valence-electron chi connectivity index (χ1n) is 6.28. The van der Waals surface area contributed by atoms with Crippen LogP contribution in [-0.4, -0.2) is 10.8 Å². The van der Waals surface area contributed by atoms with Gasteiger partial charge in [-0.25, -0.2) is 13.2 Å². The summed E-state index contributed by atoms with van der Waals surface area (Å²) in [5.74, 6) is -1.50. The van der Waals surface area contributed by atoms with Gasteiger partial charge in [0, 0.05) is 11.3 Å². The maximum absolute atomic E-state index is 13.6. The highest BCUT2D eigenvalue weighted by Gasteiger charge is 2.07. The van der Waals surface area contributed by atoms with E-state index in [4.69, 9.17) is 12.2 Å². The first kappa shape index (κ1) is 16.0. The molecule has 0 aliphatic rings. The number of rotatable bonds is 3. The van der Waals surface area contributed by atoms with Crippen molar-refractivity contribution in [3.05, 3.63) is 65.5 Å². The summed E-state index contributed by atoms with van der Waals surface area (Å²) in [4.78, 5) is 0. The average Bonchev–Trinajstić information content (AvgIpc) is 2.49. The van der Waals surface area contributed by atoms with Crippen molar-refractivity contribution in [1.82, 2.24) is 5.43 Å². The molecule has 2 N–H and O–H groups in total. The van der Waals surface area contributed by atoms with E-state index < -0.39 is 11.6 Å². The standard InChI is InChI=1S/C15H12F3N3S/c1-9(13-8-11(17)4-7-14(13)18)20-21-15(22)19-12-5-2-10(16)3-6-12/h2-8H,1H3,(H2,19,21,22)/b20-9-. The van der Waals surface area contributed by atoms with Gasteiger partial charge in [0.2, 0.25) is 0 Å². The van der Waals surface area contributed by atoms with E-state index in [1.165, 1.54) is 31.2 Å². The van der Waals surface area contributed by atoms with E-state index in [-0.39, 0.29) is 22.2 Å². The Kier molecular flexibility index (Phi) is 5.11. The van der Waals surface area contributed by atoms with Gasteiger partial charge in [-0.15, -0.1) is 0 Å². The summed E-state index contributed by atoms with van der Waals surface area (Å²) in [7, 11) is 0. The lowest BCUT2D eigenvalue weighted by Crippen LogP contribution is -2.25. The van der Waals surface area contributed by atoms with Gasteiger partial charge in [0.25, 0.3) is 0 Å². The minimum absolute atomic E-state index is 0.0390. The van der Waals surface area contributed by atoms with Crippen LogP contribution in [0.15, 0.2) is 47.6 Å². The molecule has 0 bridgehead atoms. The highest BCUT2D eigenvalue weighted by Crippen LogP contribution is 2.11. The quantitative estimate of drug-likeness (QED) is 0.512. The highest BCUT2D eigenvalue weighted by atomic mass is 32.1. The lowest BCUT2D eigenvalue weighted by Gasteiger charge is -2.08. The lowest BCUT2D eigenvalue weighted by atomic mass is 10.1. The second-order valence-corrected chi connectivity index (χ2v) is 4.80. The van der Waals surface area contributed by atoms with E-state index in [0.29, 0.717) is 5.69 Å². The Morgan fingerprint density at radius 1 is 1.00 bits per heavy atom. The molecule has 0 saturated heterocycles. The summed E-state index contributed by atoms with van der Waals surface area (Å²) in [6, 6.07) is 8.67. The normalized spacial score (nSPS) is 11.2. The number of hydrogen-bond donors (Lipinski definition) is 2. The van der Waals surface area contributed by atoms with E-state index in [9.17, 15) is 13.2 Å². The number of hydrazone groups is 1. The predicted molar refractivity (Wildman–Crippen MR) is 84.3 cm³/mol. The monoisotopic (exact) mass is 323 g/mol. The smallest absolute Gasteiger partial charge is 0.191 e. The molecule has 0 aliphatic heterocycles. The van der Waals surface area contributed by atoms with E-state index in [1.807, 2.05) is 0 Å². The second kappa shape index (κ2) is 7.04. The molecule has 114 valence electrons. The van der Waals surface area contributed by atoms with Crippen LogP contribution in [-0.2, 0) is 0 Å². The van der Waals surface area contributed by atoms with E-state index in [1.54, 1.807) is 0 Å². The maximum atomic E-state index is 13.6. The first-order chi connectivity index (χ1) is 10.5. The fourth-order valence-electron chi connectivity index (χ4n) is 1.66. The van der Waals surface area contributed by atoms with Gasteiger partial charge in [-0.3, -0.25) is 5.43 Å². The van der Waals surface area contributed by atoms with Gasteiger partial charge in [0.1, 0.15) is 17.5 Å². The molecule has 0 saturated carbocycles. The molecule has 0 amide bonds. The van der Waals surface area contributed by atoms with Gasteiger partial charge in [-0.1, -0.05) is 0 Å². The molecule has 0 aromatic heterocycles. The largest absolute Gasteiger partial charge is 0.331 e. The number of thiocarbonyl (C=S) groups is 1. The zero-order chi connectivity index (χ0) is 16.1. The molecule has 0 heterocycles. The molecular weight excluding hydrogens is 311 g/mol. The molecule has 3 nitrogen and oxygen atoms in total. The van der Waals surface area contributed by atoms with Gasteiger partial charge in [-0.2, -0.15) is 5.10 Å². The number of hydrogen-bond acceptors (Lipinski definition) is 2. The Balaban J connectivity index is 2.02. The summed E-state index contributed by atoms with van der Waals surface area (Å²) in [6.07, 6.45) is 0. The van der Waals surface area contributed by atoms with Gasteiger partial charge in [0.15, 0.2) is 5.11 Å². The summed E-state index contributed by atoms with van der Waals surface area (Å²) in [6.45, 7) is 1.52. The average molecular weight is 323 g/mol. The SMILES string of the molecule is C/C(=N/NC(=S)Nc1ccc(F)cc1)c1cc(F)ccc1F. The van der Waals surface area contributed by atoms with Crippen LogP contribution < -0.4 is 10.7 Å². The second-order valence-electron chi connectivity index (χ2n) is 4.39. The molecule has 0 aliphatic carbocycles. The minimum atomic E-state index is -0.582. The number of anilines is 1. The van der Waals surface area contributed by atoms with Crippen molar-refractivity contribution in [1.29, 1.82) is 0 Å². The Bertz CT molecular complexity index is 714.